The van der Waals surface area contributed by atoms with Crippen LogP contribution in [-0.2, 0) is 14.3 Å². The molecule has 2 amide bonds. The van der Waals surface area contributed by atoms with Crippen LogP contribution < -0.4 is 5.32 Å². The summed E-state index contributed by atoms with van der Waals surface area (Å²) >= 11 is 5.08. The van der Waals surface area contributed by atoms with Crippen LogP contribution in [0.5, 0.6) is 0 Å². The maximum Gasteiger partial charge on any atom is 0.247 e. The third-order valence-electron chi connectivity index (χ3n) is 4.51. The molecule has 7 heteroatoms. The minimum atomic E-state index is -0.873. The van der Waals surface area contributed by atoms with Gasteiger partial charge in [0.25, 0.3) is 0 Å². The van der Waals surface area contributed by atoms with Crippen molar-refractivity contribution in [3.8, 4) is 0 Å². The second-order valence-electron chi connectivity index (χ2n) is 6.20. The Balaban J connectivity index is 2.04. The number of carbonyl (C=O) groups excluding carboxylic acids is 2. The number of carbonyl (C=O) groups is 2. The van der Waals surface area contributed by atoms with Crippen molar-refractivity contribution in [3.63, 3.8) is 0 Å². The van der Waals surface area contributed by atoms with Gasteiger partial charge in [0.15, 0.2) is 11.0 Å². The lowest BCUT2D eigenvalue weighted by molar-refractivity contribution is -0.138. The number of nitrogens with one attached hydrogen (secondary N) is 1. The Bertz CT molecular complexity index is 501. The van der Waals surface area contributed by atoms with Crippen LogP contribution in [0.3, 0.4) is 0 Å². The zero-order valence-corrected chi connectivity index (χ0v) is 14.7. The van der Waals surface area contributed by atoms with Gasteiger partial charge in [-0.3, -0.25) is 19.5 Å². The van der Waals surface area contributed by atoms with Gasteiger partial charge in [-0.05, 0) is 37.9 Å². The molecular weight excluding hydrogens is 314 g/mol. The highest BCUT2D eigenvalue weighted by atomic mass is 32.1. The van der Waals surface area contributed by atoms with Gasteiger partial charge in [-0.25, -0.2) is 0 Å². The van der Waals surface area contributed by atoms with E-state index in [2.05, 4.69) is 10.3 Å². The molecule has 0 bridgehead atoms. The Hall–Kier alpha value is -1.34. The molecule has 0 aromatic rings. The van der Waals surface area contributed by atoms with E-state index < -0.39 is 5.92 Å². The summed E-state index contributed by atoms with van der Waals surface area (Å²) in [5.74, 6) is -0.979. The van der Waals surface area contributed by atoms with E-state index in [1.165, 1.54) is 37.0 Å². The van der Waals surface area contributed by atoms with E-state index in [9.17, 15) is 9.59 Å². The first-order valence-electron chi connectivity index (χ1n) is 8.20. The Morgan fingerprint density at radius 3 is 2.70 bits per heavy atom. The lowest BCUT2D eigenvalue weighted by Gasteiger charge is -2.32. The summed E-state index contributed by atoms with van der Waals surface area (Å²) in [5, 5.41) is 2.75. The summed E-state index contributed by atoms with van der Waals surface area (Å²) in [7, 11) is 1.56. The molecule has 0 spiro atoms. The third kappa shape index (κ3) is 4.57. The van der Waals surface area contributed by atoms with Gasteiger partial charge in [-0.1, -0.05) is 19.3 Å². The Kier molecular flexibility index (Phi) is 6.65. The van der Waals surface area contributed by atoms with Gasteiger partial charge in [0.05, 0.1) is 13.2 Å². The van der Waals surface area contributed by atoms with Crippen LogP contribution in [0.2, 0.25) is 0 Å². The van der Waals surface area contributed by atoms with Gasteiger partial charge >= 0.3 is 0 Å². The molecule has 2 rings (SSSR count). The molecule has 2 aliphatic rings. The Labute approximate surface area is 142 Å². The molecular formula is C16H25N3O3S. The zero-order valence-electron chi connectivity index (χ0n) is 13.8. The number of rotatable bonds is 6. The highest BCUT2D eigenvalue weighted by Gasteiger charge is 2.40. The quantitative estimate of drug-likeness (QED) is 0.453. The molecule has 1 unspecified atom stereocenters. The van der Waals surface area contributed by atoms with Crippen LogP contribution in [-0.4, -0.2) is 54.3 Å². The van der Waals surface area contributed by atoms with Crippen molar-refractivity contribution in [2.24, 2.45) is 16.8 Å². The van der Waals surface area contributed by atoms with Gasteiger partial charge in [0, 0.05) is 19.4 Å². The summed E-state index contributed by atoms with van der Waals surface area (Å²) in [6, 6.07) is 0. The predicted octanol–water partition coefficient (Wildman–Crippen LogP) is 1.53. The van der Waals surface area contributed by atoms with Crippen molar-refractivity contribution in [1.82, 2.24) is 10.2 Å². The van der Waals surface area contributed by atoms with Crippen molar-refractivity contribution in [1.29, 1.82) is 0 Å². The first-order chi connectivity index (χ1) is 11.0. The van der Waals surface area contributed by atoms with Crippen LogP contribution in [0, 0.1) is 11.8 Å². The summed E-state index contributed by atoms with van der Waals surface area (Å²) in [4.78, 5) is 30.7. The van der Waals surface area contributed by atoms with Crippen molar-refractivity contribution in [3.05, 3.63) is 0 Å². The number of hydrogen-bond acceptors (Lipinski definition) is 5. The van der Waals surface area contributed by atoms with Crippen molar-refractivity contribution in [2.45, 2.75) is 39.0 Å². The average Bonchev–Trinajstić information content (AvgIpc) is 2.53. The topological polar surface area (TPSA) is 71.0 Å². The molecule has 128 valence electrons. The van der Waals surface area contributed by atoms with Crippen molar-refractivity contribution < 1.29 is 14.3 Å². The monoisotopic (exact) mass is 339 g/mol. The van der Waals surface area contributed by atoms with Gasteiger partial charge < -0.3 is 10.1 Å². The van der Waals surface area contributed by atoms with E-state index in [0.29, 0.717) is 31.3 Å². The summed E-state index contributed by atoms with van der Waals surface area (Å²) in [6.45, 7) is 3.16. The normalized spacial score (nSPS) is 24.1. The van der Waals surface area contributed by atoms with Gasteiger partial charge in [-0.15, -0.1) is 0 Å². The van der Waals surface area contributed by atoms with Crippen LogP contribution in [0.25, 0.3) is 0 Å². The number of hydrogen-bond donors (Lipinski definition) is 1. The fourth-order valence-corrected chi connectivity index (χ4v) is 3.39. The standard InChI is InChI=1S/C16H25N3O3S/c1-11(17-10-12-6-4-3-5-7-12)13-14(20)18-16(23)19(15(13)21)8-9-22-2/h12-13H,3-10H2,1-2H3,(H,18,20,23). The molecule has 1 N–H and O–H groups in total. The number of nitrogens with zero attached hydrogens (tertiary/aromatic N) is 2. The van der Waals surface area contributed by atoms with E-state index in [-0.39, 0.29) is 16.9 Å². The zero-order chi connectivity index (χ0) is 16.8. The second kappa shape index (κ2) is 8.49. The fraction of sp³-hybridized carbons (Fsp3) is 0.750. The first kappa shape index (κ1) is 18.0. The van der Waals surface area contributed by atoms with Crippen molar-refractivity contribution in [2.75, 3.05) is 26.8 Å². The van der Waals surface area contributed by atoms with E-state index >= 15 is 0 Å². The summed E-state index contributed by atoms with van der Waals surface area (Å²) < 4.78 is 4.99. The largest absolute Gasteiger partial charge is 0.383 e. The van der Waals surface area contributed by atoms with E-state index in [4.69, 9.17) is 17.0 Å². The highest BCUT2D eigenvalue weighted by Crippen LogP contribution is 2.24. The number of aliphatic imine (C=N–C) groups is 1. The Morgan fingerprint density at radius 2 is 2.04 bits per heavy atom. The van der Waals surface area contributed by atoms with Gasteiger partial charge in [0.1, 0.15) is 0 Å². The number of amides is 2. The SMILES string of the molecule is COCCN1C(=O)C(C(C)=NCC2CCCCC2)C(=O)NC1=S. The minimum absolute atomic E-state index is 0.147. The lowest BCUT2D eigenvalue weighted by Crippen LogP contribution is -2.60. The molecule has 1 aliphatic carbocycles. The van der Waals surface area contributed by atoms with Crippen molar-refractivity contribution >= 4 is 34.9 Å². The smallest absolute Gasteiger partial charge is 0.247 e. The second-order valence-corrected chi connectivity index (χ2v) is 6.58. The summed E-state index contributed by atoms with van der Waals surface area (Å²) in [6.07, 6.45) is 6.17. The minimum Gasteiger partial charge on any atom is -0.383 e. The molecule has 0 aromatic heterocycles. The lowest BCUT2D eigenvalue weighted by atomic mass is 9.89. The van der Waals surface area contributed by atoms with E-state index in [1.54, 1.807) is 14.0 Å². The molecule has 0 radical (unpaired) electrons. The number of methoxy groups -OCH3 is 1. The third-order valence-corrected chi connectivity index (χ3v) is 4.83. The number of ether oxygens (including phenoxy) is 1. The molecule has 6 nitrogen and oxygen atoms in total. The Morgan fingerprint density at radius 1 is 1.35 bits per heavy atom. The average molecular weight is 339 g/mol. The van der Waals surface area contributed by atoms with Crippen LogP contribution in [0.4, 0.5) is 0 Å². The molecule has 1 saturated carbocycles. The number of thiocarbonyl (C=S) groups is 1. The maximum atomic E-state index is 12.6. The van der Waals surface area contributed by atoms with Gasteiger partial charge in [-0.2, -0.15) is 0 Å². The molecule has 1 heterocycles. The van der Waals surface area contributed by atoms with Crippen LogP contribution >= 0.6 is 12.2 Å². The molecule has 0 aromatic carbocycles. The first-order valence-corrected chi connectivity index (χ1v) is 8.61. The fourth-order valence-electron chi connectivity index (χ4n) is 3.11. The van der Waals surface area contributed by atoms with E-state index in [0.717, 1.165) is 0 Å². The predicted molar refractivity (Wildman–Crippen MR) is 92.4 cm³/mol. The molecule has 1 atom stereocenters. The molecule has 2 fully saturated rings. The summed E-state index contributed by atoms with van der Waals surface area (Å²) in [5.41, 5.74) is 0.572. The van der Waals surface area contributed by atoms with Gasteiger partial charge in [0.2, 0.25) is 11.8 Å². The molecule has 23 heavy (non-hydrogen) atoms. The van der Waals surface area contributed by atoms with Crippen LogP contribution in [0.15, 0.2) is 4.99 Å². The highest BCUT2D eigenvalue weighted by molar-refractivity contribution is 7.80. The molecule has 1 aliphatic heterocycles. The van der Waals surface area contributed by atoms with E-state index in [1.807, 2.05) is 0 Å². The maximum absolute atomic E-state index is 12.6. The van der Waals surface area contributed by atoms with Crippen LogP contribution in [0.1, 0.15) is 39.0 Å². The molecule has 1 saturated heterocycles.